The summed E-state index contributed by atoms with van der Waals surface area (Å²) in [6.07, 6.45) is -3.05. The fourth-order valence-corrected chi connectivity index (χ4v) is 2.24. The number of nitrogens with zero attached hydrogens (tertiary/aromatic N) is 2. The third-order valence-corrected chi connectivity index (χ3v) is 3.19. The molecule has 1 heterocycles. The van der Waals surface area contributed by atoms with Crippen molar-refractivity contribution >= 4 is 0 Å². The second-order valence-corrected chi connectivity index (χ2v) is 4.41. The van der Waals surface area contributed by atoms with Crippen LogP contribution in [0.5, 0.6) is 5.75 Å². The molecule has 1 aromatic heterocycles. The monoisotopic (exact) mass is 300 g/mol. The number of nitrogens with two attached hydrogens (primary N) is 1. The molecule has 1 atom stereocenters. The van der Waals surface area contributed by atoms with Gasteiger partial charge in [0, 0.05) is 7.05 Å². The SMILES string of the molecule is COc1cnn(C)c1C(NN)c1ccccc1C(F)(F)F. The van der Waals surface area contributed by atoms with E-state index in [9.17, 15) is 13.2 Å². The Bertz CT molecular complexity index is 624. The normalized spacial score (nSPS) is 13.2. The number of alkyl halides is 3. The molecule has 0 amide bonds. The zero-order valence-electron chi connectivity index (χ0n) is 11.5. The topological polar surface area (TPSA) is 65.1 Å². The van der Waals surface area contributed by atoms with Gasteiger partial charge in [-0.1, -0.05) is 18.2 Å². The fraction of sp³-hybridized carbons (Fsp3) is 0.308. The number of aryl methyl sites for hydroxylation is 1. The second kappa shape index (κ2) is 5.74. The largest absolute Gasteiger partial charge is 0.493 e. The zero-order chi connectivity index (χ0) is 15.6. The van der Waals surface area contributed by atoms with Crippen molar-refractivity contribution in [3.05, 3.63) is 47.3 Å². The molecule has 0 bridgehead atoms. The van der Waals surface area contributed by atoms with E-state index in [1.807, 2.05) is 0 Å². The van der Waals surface area contributed by atoms with E-state index in [1.54, 1.807) is 7.05 Å². The molecule has 0 fully saturated rings. The average Bonchev–Trinajstić information content (AvgIpc) is 2.81. The molecule has 3 N–H and O–H groups in total. The van der Waals surface area contributed by atoms with Gasteiger partial charge in [-0.3, -0.25) is 10.5 Å². The minimum Gasteiger partial charge on any atom is -0.493 e. The molecule has 8 heteroatoms. The number of aromatic nitrogens is 2. The van der Waals surface area contributed by atoms with Crippen molar-refractivity contribution in [2.45, 2.75) is 12.2 Å². The summed E-state index contributed by atoms with van der Waals surface area (Å²) in [5, 5.41) is 3.99. The summed E-state index contributed by atoms with van der Waals surface area (Å²) in [6.45, 7) is 0. The lowest BCUT2D eigenvalue weighted by Crippen LogP contribution is -2.32. The van der Waals surface area contributed by atoms with E-state index in [1.165, 1.54) is 36.2 Å². The molecule has 0 aliphatic carbocycles. The van der Waals surface area contributed by atoms with Gasteiger partial charge in [-0.25, -0.2) is 5.43 Å². The maximum Gasteiger partial charge on any atom is 0.416 e. The number of hydrogen-bond donors (Lipinski definition) is 2. The third kappa shape index (κ3) is 2.86. The first-order valence-electron chi connectivity index (χ1n) is 6.08. The predicted molar refractivity (Wildman–Crippen MR) is 70.4 cm³/mol. The molecular formula is C13H15F3N4O. The van der Waals surface area contributed by atoms with Gasteiger partial charge in [-0.2, -0.15) is 18.3 Å². The van der Waals surface area contributed by atoms with Crippen molar-refractivity contribution < 1.29 is 17.9 Å². The van der Waals surface area contributed by atoms with Gasteiger partial charge in [0.15, 0.2) is 5.75 Å². The van der Waals surface area contributed by atoms with Crippen LogP contribution in [-0.4, -0.2) is 16.9 Å². The van der Waals surface area contributed by atoms with Crippen molar-refractivity contribution in [3.8, 4) is 5.75 Å². The quantitative estimate of drug-likeness (QED) is 0.669. The van der Waals surface area contributed by atoms with Gasteiger partial charge < -0.3 is 4.74 Å². The van der Waals surface area contributed by atoms with E-state index in [-0.39, 0.29) is 5.56 Å². The van der Waals surface area contributed by atoms with Crippen molar-refractivity contribution in [1.82, 2.24) is 15.2 Å². The minimum atomic E-state index is -4.47. The summed E-state index contributed by atoms with van der Waals surface area (Å²) in [6, 6.07) is 4.35. The molecule has 0 saturated heterocycles. The van der Waals surface area contributed by atoms with Gasteiger partial charge in [0.2, 0.25) is 0 Å². The van der Waals surface area contributed by atoms with Crippen LogP contribution in [0.15, 0.2) is 30.5 Å². The van der Waals surface area contributed by atoms with E-state index < -0.39 is 17.8 Å². The van der Waals surface area contributed by atoms with Crippen LogP contribution in [0.4, 0.5) is 13.2 Å². The lowest BCUT2D eigenvalue weighted by atomic mass is 9.97. The van der Waals surface area contributed by atoms with Crippen molar-refractivity contribution in [3.63, 3.8) is 0 Å². The van der Waals surface area contributed by atoms with Crippen molar-refractivity contribution in [1.29, 1.82) is 0 Å². The highest BCUT2D eigenvalue weighted by molar-refractivity contribution is 5.41. The highest BCUT2D eigenvalue weighted by Crippen LogP contribution is 2.38. The molecular weight excluding hydrogens is 285 g/mol. The summed E-state index contributed by atoms with van der Waals surface area (Å²) >= 11 is 0. The summed E-state index contributed by atoms with van der Waals surface area (Å²) in [4.78, 5) is 0. The standard InChI is InChI=1S/C13H15F3N4O/c1-20-12(10(21-2)7-18-20)11(19-17)8-5-3-4-6-9(8)13(14,15)16/h3-7,11,19H,17H2,1-2H3. The Morgan fingerprint density at radius 2 is 2.00 bits per heavy atom. The van der Waals surface area contributed by atoms with Crippen LogP contribution in [0, 0.1) is 0 Å². The summed E-state index contributed by atoms with van der Waals surface area (Å²) < 4.78 is 46.0. The predicted octanol–water partition coefficient (Wildman–Crippen LogP) is 2.00. The molecule has 2 rings (SSSR count). The Kier molecular flexibility index (Phi) is 4.19. The van der Waals surface area contributed by atoms with Crippen LogP contribution in [0.1, 0.15) is 22.9 Å². The maximum absolute atomic E-state index is 13.1. The first kappa shape index (κ1) is 15.3. The molecule has 2 aromatic rings. The molecule has 1 aromatic carbocycles. The van der Waals surface area contributed by atoms with Crippen LogP contribution in [0.3, 0.4) is 0 Å². The molecule has 1 unspecified atom stereocenters. The van der Waals surface area contributed by atoms with Gasteiger partial charge in [0.25, 0.3) is 0 Å². The van der Waals surface area contributed by atoms with E-state index >= 15 is 0 Å². The maximum atomic E-state index is 13.1. The molecule has 0 aliphatic heterocycles. The number of methoxy groups -OCH3 is 1. The number of hydrazine groups is 1. The first-order valence-corrected chi connectivity index (χ1v) is 6.08. The Hall–Kier alpha value is -2.06. The Balaban J connectivity index is 2.60. The van der Waals surface area contributed by atoms with Crippen molar-refractivity contribution in [2.75, 3.05) is 7.11 Å². The van der Waals surface area contributed by atoms with Crippen molar-refractivity contribution in [2.24, 2.45) is 12.9 Å². The molecule has 0 spiro atoms. The molecule has 5 nitrogen and oxygen atoms in total. The van der Waals surface area contributed by atoms with E-state index in [2.05, 4.69) is 10.5 Å². The van der Waals surface area contributed by atoms with Crippen LogP contribution in [0.2, 0.25) is 0 Å². The van der Waals surface area contributed by atoms with Gasteiger partial charge in [-0.15, -0.1) is 0 Å². The number of ether oxygens (including phenoxy) is 1. The number of benzene rings is 1. The van der Waals surface area contributed by atoms with E-state index in [0.29, 0.717) is 11.4 Å². The van der Waals surface area contributed by atoms with Gasteiger partial charge in [-0.05, 0) is 11.6 Å². The Labute approximate surface area is 119 Å². The Morgan fingerprint density at radius 3 is 2.57 bits per heavy atom. The van der Waals surface area contributed by atoms with Crippen LogP contribution in [0.25, 0.3) is 0 Å². The lowest BCUT2D eigenvalue weighted by Gasteiger charge is -2.22. The van der Waals surface area contributed by atoms with Crippen LogP contribution in [-0.2, 0) is 13.2 Å². The van der Waals surface area contributed by atoms with Gasteiger partial charge >= 0.3 is 6.18 Å². The number of rotatable bonds is 4. The van der Waals surface area contributed by atoms with Gasteiger partial charge in [0.05, 0.1) is 24.9 Å². The highest BCUT2D eigenvalue weighted by Gasteiger charge is 2.36. The number of halogens is 3. The summed E-state index contributed by atoms with van der Waals surface area (Å²) in [7, 11) is 3.03. The second-order valence-electron chi connectivity index (χ2n) is 4.41. The molecule has 0 aliphatic rings. The summed E-state index contributed by atoms with van der Waals surface area (Å²) in [5.41, 5.74) is 2.08. The lowest BCUT2D eigenvalue weighted by molar-refractivity contribution is -0.138. The smallest absolute Gasteiger partial charge is 0.416 e. The molecule has 114 valence electrons. The van der Waals surface area contributed by atoms with Crippen LogP contribution < -0.4 is 16.0 Å². The molecule has 0 radical (unpaired) electrons. The fourth-order valence-electron chi connectivity index (χ4n) is 2.24. The molecule has 0 saturated carbocycles. The number of nitrogens with one attached hydrogen (secondary N) is 1. The first-order chi connectivity index (χ1) is 9.90. The third-order valence-electron chi connectivity index (χ3n) is 3.19. The van der Waals surface area contributed by atoms with E-state index in [4.69, 9.17) is 10.6 Å². The average molecular weight is 300 g/mol. The van der Waals surface area contributed by atoms with Crippen LogP contribution >= 0.6 is 0 Å². The van der Waals surface area contributed by atoms with E-state index in [0.717, 1.165) is 6.07 Å². The Morgan fingerprint density at radius 1 is 1.33 bits per heavy atom. The van der Waals surface area contributed by atoms with Gasteiger partial charge in [0.1, 0.15) is 5.69 Å². The number of hydrogen-bond acceptors (Lipinski definition) is 4. The summed E-state index contributed by atoms with van der Waals surface area (Å²) in [5.74, 6) is 5.85. The molecule has 21 heavy (non-hydrogen) atoms. The highest BCUT2D eigenvalue weighted by atomic mass is 19.4. The zero-order valence-corrected chi connectivity index (χ0v) is 11.5. The minimum absolute atomic E-state index is 0.00870.